The van der Waals surface area contributed by atoms with Gasteiger partial charge in [-0.2, -0.15) is 11.8 Å². The van der Waals surface area contributed by atoms with Crippen LogP contribution in [0, 0.1) is 5.41 Å². The molecule has 4 rings (SSSR count). The number of thioether (sulfide) groups is 1. The van der Waals surface area contributed by atoms with Crippen molar-refractivity contribution in [2.45, 2.75) is 26.3 Å². The molecule has 3 heterocycles. The van der Waals surface area contributed by atoms with E-state index in [4.69, 9.17) is 9.73 Å². The van der Waals surface area contributed by atoms with Gasteiger partial charge in [-0.3, -0.25) is 0 Å². The fourth-order valence-corrected chi connectivity index (χ4v) is 5.22. The van der Waals surface area contributed by atoms with E-state index in [9.17, 15) is 0 Å². The first-order chi connectivity index (χ1) is 13.3. The molecule has 1 aromatic carbocycles. The lowest BCUT2D eigenvalue weighted by atomic mass is 9.87. The second kappa shape index (κ2) is 10.4. The highest BCUT2D eigenvalue weighted by Crippen LogP contribution is 2.38. The number of anilines is 1. The third-order valence-corrected chi connectivity index (χ3v) is 6.92. The molecule has 1 N–H and O–H groups in total. The van der Waals surface area contributed by atoms with E-state index in [0.717, 1.165) is 58.4 Å². The Morgan fingerprint density at radius 2 is 1.96 bits per heavy atom. The SMILES string of the molecule is CCNC(=NCc1ccc(N2CCSCC2)cc1)N1CCC2(CCOC2)C1.I. The first kappa shape index (κ1) is 22.0. The number of nitrogens with zero attached hydrogens (tertiary/aromatic N) is 3. The molecule has 0 saturated carbocycles. The van der Waals surface area contributed by atoms with Crippen molar-refractivity contribution < 1.29 is 4.74 Å². The second-order valence-electron chi connectivity index (χ2n) is 7.91. The standard InChI is InChI=1S/C21H32N4OS.HI/c1-2-22-20(25-9-7-21(16-25)8-12-26-17-21)23-15-18-3-5-19(6-4-18)24-10-13-27-14-11-24;/h3-6H,2,7-17H2,1H3,(H,22,23);1H. The number of rotatable bonds is 4. The second-order valence-corrected chi connectivity index (χ2v) is 9.13. The summed E-state index contributed by atoms with van der Waals surface area (Å²) in [5.41, 5.74) is 2.99. The number of aliphatic imine (C=N–C) groups is 1. The maximum Gasteiger partial charge on any atom is 0.194 e. The Kier molecular flexibility index (Phi) is 8.17. The van der Waals surface area contributed by atoms with E-state index in [2.05, 4.69) is 58.1 Å². The molecule has 156 valence electrons. The topological polar surface area (TPSA) is 40.1 Å². The molecule has 1 spiro atoms. The van der Waals surface area contributed by atoms with Gasteiger partial charge in [0.1, 0.15) is 0 Å². The zero-order valence-electron chi connectivity index (χ0n) is 16.9. The smallest absolute Gasteiger partial charge is 0.194 e. The Morgan fingerprint density at radius 3 is 2.64 bits per heavy atom. The van der Waals surface area contributed by atoms with Crippen molar-refractivity contribution in [1.82, 2.24) is 10.2 Å². The maximum atomic E-state index is 5.67. The highest BCUT2D eigenvalue weighted by atomic mass is 127. The van der Waals surface area contributed by atoms with E-state index in [1.54, 1.807) is 0 Å². The Balaban J connectivity index is 0.00000225. The van der Waals surface area contributed by atoms with Crippen LogP contribution in [-0.4, -0.2) is 68.3 Å². The van der Waals surface area contributed by atoms with E-state index in [1.807, 2.05) is 0 Å². The van der Waals surface area contributed by atoms with Crippen LogP contribution in [0.1, 0.15) is 25.3 Å². The van der Waals surface area contributed by atoms with Crippen molar-refractivity contribution in [2.75, 3.05) is 62.3 Å². The molecule has 3 fully saturated rings. The molecule has 0 amide bonds. The Bertz CT molecular complexity index is 642. The van der Waals surface area contributed by atoms with Crippen LogP contribution in [0.5, 0.6) is 0 Å². The molecule has 1 unspecified atom stereocenters. The Hall–Kier alpha value is -0.670. The summed E-state index contributed by atoms with van der Waals surface area (Å²) in [6.07, 6.45) is 2.42. The van der Waals surface area contributed by atoms with Gasteiger partial charge in [-0.05, 0) is 37.5 Å². The van der Waals surface area contributed by atoms with Crippen LogP contribution >= 0.6 is 35.7 Å². The minimum Gasteiger partial charge on any atom is -0.381 e. The molecule has 1 atom stereocenters. The number of nitrogens with one attached hydrogen (secondary N) is 1. The van der Waals surface area contributed by atoms with Crippen LogP contribution in [0.4, 0.5) is 5.69 Å². The summed E-state index contributed by atoms with van der Waals surface area (Å²) in [4.78, 5) is 9.85. The number of halogens is 1. The van der Waals surface area contributed by atoms with Crippen molar-refractivity contribution in [3.63, 3.8) is 0 Å². The quantitative estimate of drug-likeness (QED) is 0.377. The molecule has 3 saturated heterocycles. The highest BCUT2D eigenvalue weighted by molar-refractivity contribution is 14.0. The minimum atomic E-state index is 0. The Labute approximate surface area is 190 Å². The van der Waals surface area contributed by atoms with E-state index in [-0.39, 0.29) is 24.0 Å². The molecule has 5 nitrogen and oxygen atoms in total. The summed E-state index contributed by atoms with van der Waals surface area (Å²) >= 11 is 2.05. The average Bonchev–Trinajstić information content (AvgIpc) is 3.36. The van der Waals surface area contributed by atoms with Gasteiger partial charge in [0, 0.05) is 61.9 Å². The largest absolute Gasteiger partial charge is 0.381 e. The third kappa shape index (κ3) is 5.27. The molecule has 0 aromatic heterocycles. The molecular formula is C21H33IN4OS. The van der Waals surface area contributed by atoms with Gasteiger partial charge in [-0.1, -0.05) is 12.1 Å². The summed E-state index contributed by atoms with van der Waals surface area (Å²) < 4.78 is 5.67. The van der Waals surface area contributed by atoms with Gasteiger partial charge < -0.3 is 19.9 Å². The summed E-state index contributed by atoms with van der Waals surface area (Å²) in [5, 5.41) is 3.49. The summed E-state index contributed by atoms with van der Waals surface area (Å²) in [7, 11) is 0. The van der Waals surface area contributed by atoms with E-state index in [0.29, 0.717) is 5.41 Å². The lowest BCUT2D eigenvalue weighted by molar-refractivity contribution is 0.156. The third-order valence-electron chi connectivity index (χ3n) is 5.98. The van der Waals surface area contributed by atoms with E-state index in [1.165, 1.54) is 35.6 Å². The van der Waals surface area contributed by atoms with Crippen molar-refractivity contribution in [2.24, 2.45) is 10.4 Å². The van der Waals surface area contributed by atoms with Crippen LogP contribution in [0.15, 0.2) is 29.3 Å². The number of likely N-dealkylation sites (tertiary alicyclic amines) is 1. The molecule has 3 aliphatic rings. The fourth-order valence-electron chi connectivity index (χ4n) is 4.31. The predicted octanol–water partition coefficient (Wildman–Crippen LogP) is 3.44. The lowest BCUT2D eigenvalue weighted by Gasteiger charge is -2.28. The first-order valence-electron chi connectivity index (χ1n) is 10.3. The van der Waals surface area contributed by atoms with Crippen molar-refractivity contribution in [1.29, 1.82) is 0 Å². The van der Waals surface area contributed by atoms with Gasteiger partial charge in [0.05, 0.1) is 13.2 Å². The molecular weight excluding hydrogens is 483 g/mol. The molecule has 0 aliphatic carbocycles. The zero-order valence-corrected chi connectivity index (χ0v) is 20.0. The summed E-state index contributed by atoms with van der Waals surface area (Å²) in [5.74, 6) is 3.53. The van der Waals surface area contributed by atoms with Crippen LogP contribution in [-0.2, 0) is 11.3 Å². The van der Waals surface area contributed by atoms with Crippen molar-refractivity contribution in [3.05, 3.63) is 29.8 Å². The van der Waals surface area contributed by atoms with Crippen LogP contribution < -0.4 is 10.2 Å². The number of hydrogen-bond acceptors (Lipinski definition) is 4. The minimum absolute atomic E-state index is 0. The normalized spacial score (nSPS) is 25.2. The van der Waals surface area contributed by atoms with Gasteiger partial charge in [0.2, 0.25) is 0 Å². The first-order valence-corrected chi connectivity index (χ1v) is 11.5. The van der Waals surface area contributed by atoms with Crippen LogP contribution in [0.3, 0.4) is 0 Å². The van der Waals surface area contributed by atoms with Crippen molar-refractivity contribution in [3.8, 4) is 0 Å². The predicted molar refractivity (Wildman–Crippen MR) is 130 cm³/mol. The summed E-state index contributed by atoms with van der Waals surface area (Å²) in [6, 6.07) is 8.99. The lowest BCUT2D eigenvalue weighted by Crippen LogP contribution is -2.41. The van der Waals surface area contributed by atoms with Gasteiger partial charge in [0.25, 0.3) is 0 Å². The van der Waals surface area contributed by atoms with Gasteiger partial charge >= 0.3 is 0 Å². The van der Waals surface area contributed by atoms with E-state index < -0.39 is 0 Å². The zero-order chi connectivity index (χ0) is 18.5. The van der Waals surface area contributed by atoms with Gasteiger partial charge in [0.15, 0.2) is 5.96 Å². The Morgan fingerprint density at radius 1 is 1.18 bits per heavy atom. The molecule has 3 aliphatic heterocycles. The molecule has 0 bridgehead atoms. The number of benzene rings is 1. The molecule has 7 heteroatoms. The average molecular weight is 516 g/mol. The van der Waals surface area contributed by atoms with E-state index >= 15 is 0 Å². The highest BCUT2D eigenvalue weighted by Gasteiger charge is 2.42. The number of hydrogen-bond donors (Lipinski definition) is 1. The molecule has 1 aromatic rings. The summed E-state index contributed by atoms with van der Waals surface area (Å²) in [6.45, 7) is 10.1. The van der Waals surface area contributed by atoms with Gasteiger partial charge in [-0.15, -0.1) is 24.0 Å². The monoisotopic (exact) mass is 516 g/mol. The molecule has 28 heavy (non-hydrogen) atoms. The van der Waals surface area contributed by atoms with Crippen LogP contribution in [0.25, 0.3) is 0 Å². The van der Waals surface area contributed by atoms with Gasteiger partial charge in [-0.25, -0.2) is 4.99 Å². The maximum absolute atomic E-state index is 5.67. The van der Waals surface area contributed by atoms with Crippen molar-refractivity contribution >= 4 is 47.4 Å². The number of guanidine groups is 1. The molecule has 0 radical (unpaired) electrons. The number of ether oxygens (including phenoxy) is 1. The van der Waals surface area contributed by atoms with Crippen LogP contribution in [0.2, 0.25) is 0 Å². The fraction of sp³-hybridized carbons (Fsp3) is 0.667.